The van der Waals surface area contributed by atoms with Crippen LogP contribution in [0.2, 0.25) is 0 Å². The Morgan fingerprint density at radius 3 is 2.44 bits per heavy atom. The minimum atomic E-state index is 0.578. The molecule has 0 N–H and O–H groups in total. The molecule has 0 aliphatic heterocycles. The molecule has 0 aromatic carbocycles. The molecule has 2 heteroatoms. The van der Waals surface area contributed by atoms with Crippen LogP contribution in [0.25, 0.3) is 0 Å². The fourth-order valence-corrected chi connectivity index (χ4v) is 2.08. The van der Waals surface area contributed by atoms with Crippen LogP contribution in [-0.2, 0) is 13.0 Å². The minimum absolute atomic E-state index is 0.578. The summed E-state index contributed by atoms with van der Waals surface area (Å²) in [4.78, 5) is 0. The Hall–Kier alpha value is -0.790. The molecule has 0 spiro atoms. The highest BCUT2D eigenvalue weighted by Gasteiger charge is 2.17. The van der Waals surface area contributed by atoms with Crippen molar-refractivity contribution in [1.29, 1.82) is 0 Å². The van der Waals surface area contributed by atoms with Crippen LogP contribution in [-0.4, -0.2) is 4.57 Å². The number of imidazole rings is 1. The average Bonchev–Trinajstić information content (AvgIpc) is 2.66. The summed E-state index contributed by atoms with van der Waals surface area (Å²) in [5.74, 6) is 1.50. The standard InChI is InChI=1S/C14H27N2/c1-5-7-9-14-15(10-8-6-2)11-12-16(14)13(3)4/h11-13H,5-10H2,1-4H3/q+1. The number of aryl methyl sites for hydroxylation is 1. The lowest BCUT2D eigenvalue weighted by molar-refractivity contribution is -0.704. The lowest BCUT2D eigenvalue weighted by Crippen LogP contribution is -2.37. The normalized spacial score (nSPS) is 11.3. The van der Waals surface area contributed by atoms with Crippen molar-refractivity contribution in [3.63, 3.8) is 0 Å². The van der Waals surface area contributed by atoms with Gasteiger partial charge in [0.1, 0.15) is 12.4 Å². The molecule has 0 saturated carbocycles. The molecule has 2 nitrogen and oxygen atoms in total. The van der Waals surface area contributed by atoms with Crippen LogP contribution in [0.5, 0.6) is 0 Å². The summed E-state index contributed by atoms with van der Waals surface area (Å²) in [6.45, 7) is 10.2. The lowest BCUT2D eigenvalue weighted by Gasteiger charge is -2.07. The van der Waals surface area contributed by atoms with E-state index in [9.17, 15) is 0 Å². The van der Waals surface area contributed by atoms with Crippen LogP contribution < -0.4 is 4.57 Å². The molecule has 1 aromatic rings. The monoisotopic (exact) mass is 223 g/mol. The van der Waals surface area contributed by atoms with E-state index in [1.807, 2.05) is 0 Å². The Bertz CT molecular complexity index is 300. The number of hydrogen-bond donors (Lipinski definition) is 0. The molecule has 0 atom stereocenters. The maximum atomic E-state index is 2.44. The highest BCUT2D eigenvalue weighted by atomic mass is 15.2. The van der Waals surface area contributed by atoms with Crippen molar-refractivity contribution in [3.8, 4) is 0 Å². The van der Waals surface area contributed by atoms with Gasteiger partial charge in [-0.05, 0) is 26.7 Å². The van der Waals surface area contributed by atoms with Crippen molar-refractivity contribution in [2.75, 3.05) is 0 Å². The molecule has 0 bridgehead atoms. The van der Waals surface area contributed by atoms with Crippen molar-refractivity contribution in [2.24, 2.45) is 0 Å². The molecule has 0 aliphatic rings. The van der Waals surface area contributed by atoms with Gasteiger partial charge in [0, 0.05) is 6.42 Å². The van der Waals surface area contributed by atoms with Crippen molar-refractivity contribution < 1.29 is 4.57 Å². The van der Waals surface area contributed by atoms with Crippen molar-refractivity contribution in [1.82, 2.24) is 4.57 Å². The Morgan fingerprint density at radius 2 is 1.88 bits per heavy atom. The molecule has 1 rings (SSSR count). The molecular weight excluding hydrogens is 196 g/mol. The maximum Gasteiger partial charge on any atom is 0.256 e. The fourth-order valence-electron chi connectivity index (χ4n) is 2.08. The van der Waals surface area contributed by atoms with Gasteiger partial charge in [-0.3, -0.25) is 0 Å². The molecule has 0 radical (unpaired) electrons. The van der Waals surface area contributed by atoms with Crippen LogP contribution in [0.3, 0.4) is 0 Å². The Labute approximate surface area is 100 Å². The second kappa shape index (κ2) is 6.72. The van der Waals surface area contributed by atoms with Gasteiger partial charge in [-0.1, -0.05) is 26.7 Å². The second-order valence-electron chi connectivity index (χ2n) is 4.87. The average molecular weight is 223 g/mol. The fraction of sp³-hybridized carbons (Fsp3) is 0.786. The van der Waals surface area contributed by atoms with E-state index in [2.05, 4.69) is 49.2 Å². The zero-order valence-corrected chi connectivity index (χ0v) is 11.4. The van der Waals surface area contributed by atoms with E-state index in [1.54, 1.807) is 0 Å². The van der Waals surface area contributed by atoms with Gasteiger partial charge >= 0.3 is 0 Å². The van der Waals surface area contributed by atoms with Crippen molar-refractivity contribution in [2.45, 2.75) is 72.4 Å². The number of unbranched alkanes of at least 4 members (excludes halogenated alkanes) is 2. The summed E-state index contributed by atoms with van der Waals surface area (Å²) < 4.78 is 4.87. The molecule has 1 heterocycles. The van der Waals surface area contributed by atoms with Gasteiger partial charge in [-0.25, -0.2) is 9.13 Å². The van der Waals surface area contributed by atoms with E-state index in [4.69, 9.17) is 0 Å². The quantitative estimate of drug-likeness (QED) is 0.626. The molecule has 0 aliphatic carbocycles. The van der Waals surface area contributed by atoms with E-state index < -0.39 is 0 Å². The summed E-state index contributed by atoms with van der Waals surface area (Å²) in [7, 11) is 0. The van der Waals surface area contributed by atoms with Gasteiger partial charge in [0.05, 0.1) is 12.6 Å². The summed E-state index contributed by atoms with van der Waals surface area (Å²) >= 11 is 0. The van der Waals surface area contributed by atoms with E-state index in [0.29, 0.717) is 6.04 Å². The third kappa shape index (κ3) is 3.36. The zero-order valence-electron chi connectivity index (χ0n) is 11.4. The second-order valence-corrected chi connectivity index (χ2v) is 4.87. The van der Waals surface area contributed by atoms with E-state index in [1.165, 1.54) is 44.5 Å². The first-order chi connectivity index (χ1) is 7.70. The lowest BCUT2D eigenvalue weighted by atomic mass is 10.2. The van der Waals surface area contributed by atoms with Gasteiger partial charge in [0.2, 0.25) is 0 Å². The van der Waals surface area contributed by atoms with Crippen LogP contribution in [0.1, 0.15) is 65.2 Å². The van der Waals surface area contributed by atoms with Crippen LogP contribution in [0, 0.1) is 0 Å². The van der Waals surface area contributed by atoms with Crippen LogP contribution in [0.4, 0.5) is 0 Å². The van der Waals surface area contributed by atoms with Gasteiger partial charge in [-0.15, -0.1) is 0 Å². The molecule has 1 aromatic heterocycles. The van der Waals surface area contributed by atoms with Crippen molar-refractivity contribution in [3.05, 3.63) is 18.2 Å². The topological polar surface area (TPSA) is 8.81 Å². The molecule has 0 fully saturated rings. The third-order valence-corrected chi connectivity index (χ3v) is 3.10. The number of hydrogen-bond acceptors (Lipinski definition) is 0. The van der Waals surface area contributed by atoms with Crippen molar-refractivity contribution >= 4 is 0 Å². The third-order valence-electron chi connectivity index (χ3n) is 3.10. The summed E-state index contributed by atoms with van der Waals surface area (Å²) in [6, 6.07) is 0.578. The summed E-state index contributed by atoms with van der Waals surface area (Å²) in [5.41, 5.74) is 0. The zero-order chi connectivity index (χ0) is 12.0. The van der Waals surface area contributed by atoms with Gasteiger partial charge in [0.25, 0.3) is 5.82 Å². The first-order valence-corrected chi connectivity index (χ1v) is 6.79. The number of nitrogens with zero attached hydrogens (tertiary/aromatic N) is 2. The van der Waals surface area contributed by atoms with E-state index >= 15 is 0 Å². The van der Waals surface area contributed by atoms with Gasteiger partial charge in [0.15, 0.2) is 0 Å². The van der Waals surface area contributed by atoms with E-state index in [0.717, 1.165) is 0 Å². The van der Waals surface area contributed by atoms with Gasteiger partial charge in [-0.2, -0.15) is 0 Å². The first-order valence-electron chi connectivity index (χ1n) is 6.79. The number of aromatic nitrogens is 2. The Morgan fingerprint density at radius 1 is 1.19 bits per heavy atom. The van der Waals surface area contributed by atoms with Crippen LogP contribution >= 0.6 is 0 Å². The molecule has 92 valence electrons. The highest BCUT2D eigenvalue weighted by Crippen LogP contribution is 2.10. The Kier molecular flexibility index (Phi) is 5.58. The smallest absolute Gasteiger partial charge is 0.234 e. The molecule has 0 amide bonds. The molecular formula is C14H27N2+. The maximum absolute atomic E-state index is 2.44. The summed E-state index contributed by atoms with van der Waals surface area (Å²) in [5, 5.41) is 0. The van der Waals surface area contributed by atoms with E-state index in [-0.39, 0.29) is 0 Å². The van der Waals surface area contributed by atoms with Gasteiger partial charge < -0.3 is 0 Å². The number of rotatable bonds is 7. The highest BCUT2D eigenvalue weighted by molar-refractivity contribution is 4.86. The SMILES string of the molecule is CCCCc1n(C(C)C)cc[n+]1CCCC. The van der Waals surface area contributed by atoms with Crippen LogP contribution in [0.15, 0.2) is 12.4 Å². The molecule has 0 saturated heterocycles. The molecule has 0 unspecified atom stereocenters. The predicted molar refractivity (Wildman–Crippen MR) is 68.5 cm³/mol. The largest absolute Gasteiger partial charge is 0.256 e. The predicted octanol–water partition coefficient (Wildman–Crippen LogP) is 3.50. The summed E-state index contributed by atoms with van der Waals surface area (Å²) in [6.07, 6.45) is 10.8. The minimum Gasteiger partial charge on any atom is -0.234 e. The Balaban J connectivity index is 2.81. The molecule has 16 heavy (non-hydrogen) atoms. The first kappa shape index (κ1) is 13.3.